The van der Waals surface area contributed by atoms with Gasteiger partial charge >= 0.3 is 5.97 Å². The molecular formula is C15H19NO2. The standard InChI is InChI=1S/C15H19NO2/c1-2-18-15(17)12-4-7-13(8-5-12)16-10-11-3-6-14(16)9-11/h4-5,7-8,11,14H,2-3,6,9-10H2,1H3/t11-,14+/m0/s1. The lowest BCUT2D eigenvalue weighted by Gasteiger charge is -2.29. The van der Waals surface area contributed by atoms with Gasteiger partial charge in [-0.25, -0.2) is 4.79 Å². The van der Waals surface area contributed by atoms with Crippen molar-refractivity contribution < 1.29 is 9.53 Å². The molecule has 1 aliphatic heterocycles. The Morgan fingerprint density at radius 1 is 1.33 bits per heavy atom. The third-order valence-corrected chi connectivity index (χ3v) is 4.12. The van der Waals surface area contributed by atoms with E-state index >= 15 is 0 Å². The zero-order valence-electron chi connectivity index (χ0n) is 10.8. The Hall–Kier alpha value is -1.51. The highest BCUT2D eigenvalue weighted by Crippen LogP contribution is 2.40. The zero-order chi connectivity index (χ0) is 12.5. The van der Waals surface area contributed by atoms with Crippen molar-refractivity contribution in [3.8, 4) is 0 Å². The highest BCUT2D eigenvalue weighted by atomic mass is 16.5. The van der Waals surface area contributed by atoms with Crippen molar-refractivity contribution in [3.63, 3.8) is 0 Å². The Morgan fingerprint density at radius 3 is 2.67 bits per heavy atom. The van der Waals surface area contributed by atoms with Crippen molar-refractivity contribution in [2.45, 2.75) is 32.2 Å². The Bertz CT molecular complexity index is 440. The SMILES string of the molecule is CCOC(=O)c1ccc(N2C[C@H]3CC[C@@H]2C3)cc1. The molecule has 1 heterocycles. The first-order chi connectivity index (χ1) is 8.78. The van der Waals surface area contributed by atoms with E-state index < -0.39 is 0 Å². The Labute approximate surface area is 108 Å². The second-order valence-corrected chi connectivity index (χ2v) is 5.25. The van der Waals surface area contributed by atoms with Crippen molar-refractivity contribution in [1.29, 1.82) is 0 Å². The maximum Gasteiger partial charge on any atom is 0.338 e. The van der Waals surface area contributed by atoms with E-state index in [1.165, 1.54) is 31.5 Å². The zero-order valence-corrected chi connectivity index (χ0v) is 10.8. The molecule has 0 amide bonds. The highest BCUT2D eigenvalue weighted by molar-refractivity contribution is 5.89. The molecule has 0 radical (unpaired) electrons. The summed E-state index contributed by atoms with van der Waals surface area (Å²) >= 11 is 0. The quantitative estimate of drug-likeness (QED) is 0.767. The molecule has 3 nitrogen and oxygen atoms in total. The van der Waals surface area contributed by atoms with Crippen LogP contribution in [0.5, 0.6) is 0 Å². The fraction of sp³-hybridized carbons (Fsp3) is 0.533. The lowest BCUT2D eigenvalue weighted by atomic mass is 10.1. The molecule has 0 N–H and O–H groups in total. The Kier molecular flexibility index (Phi) is 2.98. The van der Waals surface area contributed by atoms with Crippen LogP contribution in [-0.2, 0) is 4.74 Å². The maximum absolute atomic E-state index is 11.6. The summed E-state index contributed by atoms with van der Waals surface area (Å²) < 4.78 is 4.99. The fourth-order valence-electron chi connectivity index (χ4n) is 3.24. The monoisotopic (exact) mass is 245 g/mol. The van der Waals surface area contributed by atoms with Crippen LogP contribution in [0.25, 0.3) is 0 Å². The molecule has 2 bridgehead atoms. The van der Waals surface area contributed by atoms with E-state index in [4.69, 9.17) is 4.74 Å². The van der Waals surface area contributed by atoms with Gasteiger partial charge in [0.15, 0.2) is 0 Å². The van der Waals surface area contributed by atoms with Gasteiger partial charge in [0.05, 0.1) is 12.2 Å². The largest absolute Gasteiger partial charge is 0.462 e. The minimum absolute atomic E-state index is 0.230. The summed E-state index contributed by atoms with van der Waals surface area (Å²) in [5, 5.41) is 0. The van der Waals surface area contributed by atoms with E-state index in [0.29, 0.717) is 12.2 Å². The average molecular weight is 245 g/mol. The molecule has 2 atom stereocenters. The fourth-order valence-corrected chi connectivity index (χ4v) is 3.24. The molecule has 2 aliphatic rings. The van der Waals surface area contributed by atoms with Crippen LogP contribution >= 0.6 is 0 Å². The number of anilines is 1. The smallest absolute Gasteiger partial charge is 0.338 e. The highest BCUT2D eigenvalue weighted by Gasteiger charge is 2.37. The molecular weight excluding hydrogens is 226 g/mol. The lowest BCUT2D eigenvalue weighted by molar-refractivity contribution is 0.0526. The number of benzene rings is 1. The molecule has 3 rings (SSSR count). The van der Waals surface area contributed by atoms with Gasteiger partial charge in [-0.05, 0) is 56.4 Å². The first-order valence-electron chi connectivity index (χ1n) is 6.81. The predicted octanol–water partition coefficient (Wildman–Crippen LogP) is 2.85. The van der Waals surface area contributed by atoms with E-state index in [1.54, 1.807) is 0 Å². The number of piperidine rings is 1. The summed E-state index contributed by atoms with van der Waals surface area (Å²) in [6.45, 7) is 3.44. The molecule has 96 valence electrons. The predicted molar refractivity (Wildman–Crippen MR) is 70.9 cm³/mol. The third-order valence-electron chi connectivity index (χ3n) is 4.12. The number of hydrogen-bond acceptors (Lipinski definition) is 3. The van der Waals surface area contributed by atoms with E-state index in [9.17, 15) is 4.79 Å². The van der Waals surface area contributed by atoms with Gasteiger partial charge in [-0.3, -0.25) is 0 Å². The Morgan fingerprint density at radius 2 is 2.11 bits per heavy atom. The van der Waals surface area contributed by atoms with Gasteiger partial charge in [-0.2, -0.15) is 0 Å². The molecule has 1 aliphatic carbocycles. The lowest BCUT2D eigenvalue weighted by Crippen LogP contribution is -2.31. The number of carbonyl (C=O) groups excluding carboxylic acids is 1. The van der Waals surface area contributed by atoms with Gasteiger partial charge in [0.1, 0.15) is 0 Å². The van der Waals surface area contributed by atoms with Gasteiger partial charge in [0.2, 0.25) is 0 Å². The van der Waals surface area contributed by atoms with E-state index in [2.05, 4.69) is 4.90 Å². The molecule has 0 spiro atoms. The maximum atomic E-state index is 11.6. The van der Waals surface area contributed by atoms with Gasteiger partial charge in [-0.1, -0.05) is 0 Å². The third kappa shape index (κ3) is 1.98. The number of ether oxygens (including phenoxy) is 1. The number of fused-ring (bicyclic) bond motifs is 2. The number of carbonyl (C=O) groups is 1. The van der Waals surface area contributed by atoms with Gasteiger partial charge in [-0.15, -0.1) is 0 Å². The average Bonchev–Trinajstić information content (AvgIpc) is 3.01. The van der Waals surface area contributed by atoms with Gasteiger partial charge in [0, 0.05) is 18.3 Å². The van der Waals surface area contributed by atoms with Crippen molar-refractivity contribution in [3.05, 3.63) is 29.8 Å². The van der Waals surface area contributed by atoms with Crippen LogP contribution in [0, 0.1) is 5.92 Å². The van der Waals surface area contributed by atoms with Crippen LogP contribution < -0.4 is 4.90 Å². The van der Waals surface area contributed by atoms with Gasteiger partial charge in [0.25, 0.3) is 0 Å². The second kappa shape index (κ2) is 4.63. The van der Waals surface area contributed by atoms with Crippen LogP contribution in [0.3, 0.4) is 0 Å². The summed E-state index contributed by atoms with van der Waals surface area (Å²) in [4.78, 5) is 14.1. The summed E-state index contributed by atoms with van der Waals surface area (Å²) in [5.41, 5.74) is 1.89. The van der Waals surface area contributed by atoms with Crippen LogP contribution in [0.4, 0.5) is 5.69 Å². The van der Waals surface area contributed by atoms with Crippen molar-refractivity contribution in [1.82, 2.24) is 0 Å². The molecule has 2 fully saturated rings. The minimum atomic E-state index is -0.230. The van der Waals surface area contributed by atoms with Crippen molar-refractivity contribution >= 4 is 11.7 Å². The van der Waals surface area contributed by atoms with Crippen LogP contribution in [-0.4, -0.2) is 25.2 Å². The van der Waals surface area contributed by atoms with Crippen molar-refractivity contribution in [2.24, 2.45) is 5.92 Å². The first kappa shape index (κ1) is 11.6. The molecule has 1 saturated carbocycles. The van der Waals surface area contributed by atoms with Crippen LogP contribution in [0.2, 0.25) is 0 Å². The number of rotatable bonds is 3. The number of esters is 1. The van der Waals surface area contributed by atoms with Crippen molar-refractivity contribution in [2.75, 3.05) is 18.1 Å². The molecule has 1 saturated heterocycles. The first-order valence-corrected chi connectivity index (χ1v) is 6.81. The van der Waals surface area contributed by atoms with Crippen LogP contribution in [0.15, 0.2) is 24.3 Å². The molecule has 0 unspecified atom stereocenters. The molecule has 0 aromatic heterocycles. The van der Waals surface area contributed by atoms with E-state index in [-0.39, 0.29) is 5.97 Å². The summed E-state index contributed by atoms with van der Waals surface area (Å²) in [6.07, 6.45) is 4.06. The van der Waals surface area contributed by atoms with E-state index in [0.717, 1.165) is 12.0 Å². The van der Waals surface area contributed by atoms with E-state index in [1.807, 2.05) is 31.2 Å². The second-order valence-electron chi connectivity index (χ2n) is 5.25. The number of hydrogen-bond donors (Lipinski definition) is 0. The molecule has 1 aromatic carbocycles. The van der Waals surface area contributed by atoms with Crippen LogP contribution in [0.1, 0.15) is 36.5 Å². The summed E-state index contributed by atoms with van der Waals surface area (Å²) in [5.74, 6) is 0.659. The van der Waals surface area contributed by atoms with Gasteiger partial charge < -0.3 is 9.64 Å². The topological polar surface area (TPSA) is 29.5 Å². The molecule has 1 aromatic rings. The molecule has 18 heavy (non-hydrogen) atoms. The normalized spacial score (nSPS) is 25.5. The summed E-state index contributed by atoms with van der Waals surface area (Å²) in [6, 6.07) is 8.57. The minimum Gasteiger partial charge on any atom is -0.462 e. The summed E-state index contributed by atoms with van der Waals surface area (Å²) in [7, 11) is 0. The Balaban J connectivity index is 1.73. The number of nitrogens with zero attached hydrogens (tertiary/aromatic N) is 1. The molecule has 3 heteroatoms.